The van der Waals surface area contributed by atoms with Crippen molar-refractivity contribution in [1.29, 1.82) is 0 Å². The summed E-state index contributed by atoms with van der Waals surface area (Å²) in [6.45, 7) is 2.84. The van der Waals surface area contributed by atoms with Gasteiger partial charge in [0.2, 0.25) is 106 Å². The summed E-state index contributed by atoms with van der Waals surface area (Å²) >= 11 is 0. The van der Waals surface area contributed by atoms with Crippen LogP contribution in [0.25, 0.3) is 0 Å². The van der Waals surface area contributed by atoms with Crippen LogP contribution in [0.5, 0.6) is 0 Å². The molecule has 0 unspecified atom stereocenters. The van der Waals surface area contributed by atoms with Crippen molar-refractivity contribution in [2.45, 2.75) is 354 Å². The third kappa shape index (κ3) is 49.8. The molecule has 2 saturated heterocycles. The number of unbranched alkanes of at least 4 members (excludes halogenated alkanes) is 7. The minimum Gasteiger partial charge on any atom is -0.481 e. The van der Waals surface area contributed by atoms with Crippen LogP contribution < -0.4 is 148 Å². The van der Waals surface area contributed by atoms with Gasteiger partial charge in [0.05, 0.1) is 32.0 Å². The van der Waals surface area contributed by atoms with Crippen molar-refractivity contribution in [3.8, 4) is 0 Å². The quantitative estimate of drug-likeness (QED) is 0.0199. The van der Waals surface area contributed by atoms with E-state index in [1.54, 1.807) is 0 Å². The molecule has 0 aromatic carbocycles. The lowest BCUT2D eigenvalue weighted by Crippen LogP contribution is -2.62. The zero-order valence-corrected chi connectivity index (χ0v) is 84.6. The summed E-state index contributed by atoms with van der Waals surface area (Å²) in [6.07, 6.45) is -3.37. The van der Waals surface area contributed by atoms with Crippen LogP contribution >= 0.6 is 0 Å². The Morgan fingerprint density at radius 3 is 0.912 bits per heavy atom. The molecule has 0 saturated carbocycles. The number of carbonyl (C=O) groups excluding carboxylic acids is 18. The number of aliphatic hydroxyl groups is 4. The summed E-state index contributed by atoms with van der Waals surface area (Å²) in [5, 5.41) is 113. The van der Waals surface area contributed by atoms with Gasteiger partial charge in [0.1, 0.15) is 109 Å². The normalized spacial score (nSPS) is 17.1. The van der Waals surface area contributed by atoms with E-state index in [2.05, 4.69) is 90.4 Å². The van der Waals surface area contributed by atoms with Crippen LogP contribution in [0.4, 0.5) is 0 Å². The molecule has 0 aliphatic carbocycles. The largest absolute Gasteiger partial charge is 0.481 e. The van der Waals surface area contributed by atoms with Crippen LogP contribution in [0.2, 0.25) is 0 Å². The van der Waals surface area contributed by atoms with Gasteiger partial charge >= 0.3 is 17.9 Å². The Hall–Kier alpha value is -11.7. The van der Waals surface area contributed by atoms with Crippen molar-refractivity contribution >= 4 is 124 Å². The molecular formula is C90H165N29O28. The van der Waals surface area contributed by atoms with E-state index in [9.17, 15) is 136 Å². The number of aliphatic hydroxyl groups excluding tert-OH is 4. The molecule has 0 spiro atoms. The molecule has 57 heteroatoms. The monoisotopic (exact) mass is 2100 g/mol. The number of aliphatic carboxylic acids is 3. The molecule has 2 heterocycles. The molecule has 0 bridgehead atoms. The van der Waals surface area contributed by atoms with Crippen LogP contribution in [-0.2, 0) is 101 Å². The van der Waals surface area contributed by atoms with Crippen molar-refractivity contribution < 1.29 is 136 Å². The fourth-order valence-electron chi connectivity index (χ4n) is 15.9. The molecule has 57 nitrogen and oxygen atoms in total. The average Bonchev–Trinajstić information content (AvgIpc) is 1.67. The summed E-state index contributed by atoms with van der Waals surface area (Å²) in [5.41, 5.74) is 57.3. The second-order valence-corrected chi connectivity index (χ2v) is 36.5. The highest BCUT2D eigenvalue weighted by Crippen LogP contribution is 2.25. The highest BCUT2D eigenvalue weighted by molar-refractivity contribution is 6.02. The number of carboxylic acids is 3. The number of nitrogens with zero attached hydrogens (tertiary/aromatic N) is 2. The molecule has 838 valence electrons. The van der Waals surface area contributed by atoms with E-state index in [1.165, 1.54) is 13.8 Å². The van der Waals surface area contributed by atoms with E-state index in [1.807, 2.05) is 0 Å². The molecule has 2 aliphatic rings. The third-order valence-electron chi connectivity index (χ3n) is 24.3. The molecule has 44 N–H and O–H groups in total. The first kappa shape index (κ1) is 131. The average molecular weight is 2100 g/mol. The van der Waals surface area contributed by atoms with Crippen molar-refractivity contribution in [2.75, 3.05) is 85.2 Å². The predicted octanol–water partition coefficient (Wildman–Crippen LogP) is -13.2. The number of nitrogens with one attached hydrogen (secondary N) is 17. The van der Waals surface area contributed by atoms with Crippen molar-refractivity contribution in [2.24, 2.45) is 57.3 Å². The Kier molecular flexibility index (Phi) is 64.8. The Morgan fingerprint density at radius 1 is 0.306 bits per heavy atom. The van der Waals surface area contributed by atoms with Crippen LogP contribution in [0.3, 0.4) is 0 Å². The summed E-state index contributed by atoms with van der Waals surface area (Å²) < 4.78 is 0. The van der Waals surface area contributed by atoms with E-state index < -0.39 is 297 Å². The van der Waals surface area contributed by atoms with Gasteiger partial charge in [0.15, 0.2) is 6.04 Å². The number of carboxylic acid groups (broad SMARTS) is 3. The Bertz CT molecular complexity index is 4200. The molecule has 0 aromatic rings. The van der Waals surface area contributed by atoms with Gasteiger partial charge in [0.25, 0.3) is 0 Å². The molecular weight excluding hydrogens is 1940 g/mol. The topological polar surface area (TPSA) is 971 Å². The smallest absolute Gasteiger partial charge is 0.328 e. The fraction of sp³-hybridized carbons (Fsp3) is 0.767. The summed E-state index contributed by atoms with van der Waals surface area (Å²) in [7, 11) is 0. The number of carbonyl (C=O) groups is 21. The van der Waals surface area contributed by atoms with E-state index >= 15 is 0 Å². The SMILES string of the molecule is C[C@H](NC(=O)[C@H](CCCCN)NC(=O)[C@H](CCCCN)NC(=O)[C@H](CCCCN)NC(=O)[C@@H](NC(=O)[C@H](CO)NC(=O)CNC(=O)[C@H](CCCCN)NC(=O)[C@@H]1CCCN1C(=O)[C@H](CCC(=O)O)NC(=O)[C@@H]1CCCN1C(=O)[C@H](CCC(=O)O)NC(=O)[C@H](CCCCN)NC(=O)[C@H](CCCNC(N)N)NC(=O)[C@H](CCCCN)NC(=O)[C@H](C)NC(=O)[C@@H](N)CO)[C@@H](C)O)C(=O)N[C@@H](CCCCN)C(=O)N[C@H](C(=O)O)[C@@H](C)O. The lowest BCUT2D eigenvalue weighted by atomic mass is 10.0. The molecule has 147 heavy (non-hydrogen) atoms. The van der Waals surface area contributed by atoms with Gasteiger partial charge < -0.3 is 188 Å². The number of hydrogen-bond donors (Lipinski definition) is 34. The lowest BCUT2D eigenvalue weighted by molar-refractivity contribution is -0.146. The predicted molar refractivity (Wildman–Crippen MR) is 529 cm³/mol. The van der Waals surface area contributed by atoms with Gasteiger partial charge in [-0.25, -0.2) is 4.79 Å². The van der Waals surface area contributed by atoms with Crippen molar-refractivity contribution in [3.63, 3.8) is 0 Å². The number of hydrogen-bond acceptors (Lipinski definition) is 36. The van der Waals surface area contributed by atoms with Gasteiger partial charge in [-0.3, -0.25) is 101 Å². The number of amides is 18. The molecule has 2 aliphatic heterocycles. The Labute approximate surface area is 853 Å². The summed E-state index contributed by atoms with van der Waals surface area (Å²) in [4.78, 5) is 293. The first-order valence-electron chi connectivity index (χ1n) is 50.3. The van der Waals surface area contributed by atoms with Crippen molar-refractivity contribution in [3.05, 3.63) is 0 Å². The number of likely N-dealkylation sites (tertiary alicyclic amines) is 2. The molecule has 2 rings (SSSR count). The van der Waals surface area contributed by atoms with E-state index in [-0.39, 0.29) is 181 Å². The second-order valence-electron chi connectivity index (χ2n) is 36.5. The maximum Gasteiger partial charge on any atom is 0.328 e. The molecule has 0 aromatic heterocycles. The van der Waals surface area contributed by atoms with E-state index in [0.29, 0.717) is 57.8 Å². The maximum atomic E-state index is 14.9. The van der Waals surface area contributed by atoms with Gasteiger partial charge in [-0.1, -0.05) is 0 Å². The fourth-order valence-corrected chi connectivity index (χ4v) is 15.9. The standard InChI is InChI=1S/C90H165N29O28/c1-49(103-74(131)53(98)47-120)72(129)106-56(24-7-14-38-93)77(134)111-61(29-19-43-101-90(99)100)80(137)110-58(26-9-16-40-95)81(138)114-62(32-34-68(125)126)87(144)119-45-21-31-66(119)85(142)115-63(33-35-69(127)128)88(145)118-44-20-30-65(118)84(141)112-54(22-5-12-36-91)75(132)102-46-67(124)105-64(48-121)83(140)116-70(51(3)122)86(143)113-59(27-10-17-41-96)79(136)109-57(25-8-15-39-94)78(135)108-55(23-6-13-37-92)76(133)104-50(2)73(130)107-60(28-11-18-42-97)82(139)117-71(52(4)123)89(146)147/h49-66,70-71,90,101,120-123H,5-48,91-100H2,1-4H3,(H,102,132)(H,103,131)(H,104,133)(H,105,124)(H,106,129)(H,107,130)(H,108,135)(H,109,136)(H,110,137)(H,111,134)(H,112,141)(H,113,143)(H,114,138)(H,115,142)(H,116,140)(H,117,139)(H,125,126)(H,127,128)(H,146,147)/t49-,50-,51+,52+,53-,54-,55-,56-,57-,58-,59-,60-,61-,62-,63-,64-,65-,66-,70-,71-/m0/s1. The van der Waals surface area contributed by atoms with Gasteiger partial charge in [-0.05, 0) is 266 Å². The zero-order chi connectivity index (χ0) is 111. The third-order valence-corrected chi connectivity index (χ3v) is 24.3. The molecule has 18 amide bonds. The Balaban J connectivity index is 2.44. The first-order valence-corrected chi connectivity index (χ1v) is 50.3. The van der Waals surface area contributed by atoms with Gasteiger partial charge in [0, 0.05) is 25.9 Å². The van der Waals surface area contributed by atoms with Crippen LogP contribution in [-0.4, -0.2) is 382 Å². The number of nitrogens with two attached hydrogens (primary N) is 10. The van der Waals surface area contributed by atoms with Crippen LogP contribution in [0.15, 0.2) is 0 Å². The number of rotatable bonds is 78. The van der Waals surface area contributed by atoms with Crippen molar-refractivity contribution in [1.82, 2.24) is 100 Å². The van der Waals surface area contributed by atoms with E-state index in [0.717, 1.165) is 23.6 Å². The van der Waals surface area contributed by atoms with Crippen LogP contribution in [0, 0.1) is 0 Å². The zero-order valence-electron chi connectivity index (χ0n) is 84.6. The molecule has 2 fully saturated rings. The van der Waals surface area contributed by atoms with Gasteiger partial charge in [-0.15, -0.1) is 0 Å². The minimum atomic E-state index is -1.94. The van der Waals surface area contributed by atoms with E-state index in [4.69, 9.17) is 57.3 Å². The minimum absolute atomic E-state index is 0.0151. The first-order chi connectivity index (χ1) is 69.7. The lowest BCUT2D eigenvalue weighted by Gasteiger charge is -2.32. The highest BCUT2D eigenvalue weighted by atomic mass is 16.4. The molecule has 20 atom stereocenters. The van der Waals surface area contributed by atoms with Crippen LogP contribution in [0.1, 0.15) is 227 Å². The van der Waals surface area contributed by atoms with Gasteiger partial charge in [-0.2, -0.15) is 0 Å². The highest BCUT2D eigenvalue weighted by Gasteiger charge is 2.45. The maximum absolute atomic E-state index is 14.9. The summed E-state index contributed by atoms with van der Waals surface area (Å²) in [6, 6.07) is -27.5. The summed E-state index contributed by atoms with van der Waals surface area (Å²) in [5.74, 6) is -22.0. The Morgan fingerprint density at radius 2 is 0.592 bits per heavy atom. The molecule has 0 radical (unpaired) electrons. The second kappa shape index (κ2) is 72.6.